The van der Waals surface area contributed by atoms with E-state index in [-0.39, 0.29) is 22.7 Å². The van der Waals surface area contributed by atoms with Gasteiger partial charge in [0.05, 0.1) is 15.5 Å². The quantitative estimate of drug-likeness (QED) is 0.239. The van der Waals surface area contributed by atoms with Gasteiger partial charge in [-0.1, -0.05) is 49.4 Å². The maximum atomic E-state index is 13.1. The molecule has 0 aliphatic rings. The summed E-state index contributed by atoms with van der Waals surface area (Å²) < 4.78 is 27.6. The zero-order chi connectivity index (χ0) is 25.7. The molecule has 0 spiro atoms. The van der Waals surface area contributed by atoms with Crippen molar-refractivity contribution in [1.29, 1.82) is 0 Å². The number of anilines is 1. The molecule has 0 aliphatic heterocycles. The number of carbonyl (C=O) groups excluding carboxylic acids is 1. The molecule has 0 radical (unpaired) electrons. The van der Waals surface area contributed by atoms with E-state index in [1.807, 2.05) is 30.3 Å². The number of nitrogens with one attached hydrogen (secondary N) is 1. The van der Waals surface area contributed by atoms with E-state index in [2.05, 4.69) is 10.3 Å². The maximum absolute atomic E-state index is 13.1. The molecule has 1 aromatic heterocycles. The lowest BCUT2D eigenvalue weighted by Crippen LogP contribution is -2.30. The number of nitrogens with zero attached hydrogens (tertiary/aromatic N) is 3. The van der Waals surface area contributed by atoms with Crippen LogP contribution in [0.5, 0.6) is 0 Å². The number of non-ortho nitro benzene ring substituents is 1. The summed E-state index contributed by atoms with van der Waals surface area (Å²) in [4.78, 5) is 27.7. The molecule has 9 nitrogen and oxygen atoms in total. The van der Waals surface area contributed by atoms with Crippen LogP contribution >= 0.6 is 11.3 Å². The third-order valence-electron chi connectivity index (χ3n) is 5.39. The molecule has 0 bridgehead atoms. The number of sulfonamides is 1. The van der Waals surface area contributed by atoms with Crippen LogP contribution in [0.2, 0.25) is 0 Å². The third kappa shape index (κ3) is 5.65. The van der Waals surface area contributed by atoms with Gasteiger partial charge in [-0.25, -0.2) is 13.4 Å². The third-order valence-corrected chi connectivity index (χ3v) is 8.08. The summed E-state index contributed by atoms with van der Waals surface area (Å²) >= 11 is 1.18. The first-order chi connectivity index (χ1) is 17.3. The molecule has 11 heteroatoms. The van der Waals surface area contributed by atoms with E-state index >= 15 is 0 Å². The summed E-state index contributed by atoms with van der Waals surface area (Å²) in [5.74, 6) is -0.449. The monoisotopic (exact) mass is 522 g/mol. The summed E-state index contributed by atoms with van der Waals surface area (Å²) in [6.45, 7) is 2.33. The van der Waals surface area contributed by atoms with E-state index in [4.69, 9.17) is 0 Å². The van der Waals surface area contributed by atoms with E-state index in [0.29, 0.717) is 22.9 Å². The standard InChI is InChI=1S/C25H22N4O5S2/c1-2-28(16-18-7-4-3-5-8-18)36(33,34)22-13-11-19(12-14-22)24(30)27-25-26-23(17-35-25)20-9-6-10-21(15-20)29(31)32/h3-15,17H,2,16H2,1H3,(H,26,27,30). The minimum atomic E-state index is -3.74. The maximum Gasteiger partial charge on any atom is 0.270 e. The van der Waals surface area contributed by atoms with Crippen molar-refractivity contribution in [2.75, 3.05) is 11.9 Å². The summed E-state index contributed by atoms with van der Waals surface area (Å²) in [5.41, 5.74) is 2.16. The van der Waals surface area contributed by atoms with E-state index in [1.54, 1.807) is 24.4 Å². The van der Waals surface area contributed by atoms with Crippen LogP contribution < -0.4 is 5.32 Å². The first-order valence-electron chi connectivity index (χ1n) is 10.9. The van der Waals surface area contributed by atoms with Crippen molar-refractivity contribution < 1.29 is 18.1 Å². The van der Waals surface area contributed by atoms with E-state index in [0.717, 1.165) is 5.56 Å². The molecule has 1 amide bonds. The second kappa shape index (κ2) is 10.8. The van der Waals surface area contributed by atoms with E-state index in [9.17, 15) is 23.3 Å². The molecule has 0 saturated carbocycles. The van der Waals surface area contributed by atoms with Crippen molar-refractivity contribution >= 4 is 38.1 Å². The second-order valence-corrected chi connectivity index (χ2v) is 10.5. The Morgan fingerprint density at radius 3 is 2.44 bits per heavy atom. The number of nitro benzene ring substituents is 1. The van der Waals surface area contributed by atoms with Gasteiger partial charge in [-0.3, -0.25) is 20.2 Å². The molecule has 1 N–H and O–H groups in total. The van der Waals surface area contributed by atoms with Gasteiger partial charge in [0.25, 0.3) is 11.6 Å². The number of carbonyl (C=O) groups is 1. The zero-order valence-electron chi connectivity index (χ0n) is 19.2. The Labute approximate surface area is 212 Å². The molecule has 184 valence electrons. The normalized spacial score (nSPS) is 11.4. The molecule has 3 aromatic carbocycles. The van der Waals surface area contributed by atoms with Gasteiger partial charge in [0.2, 0.25) is 10.0 Å². The van der Waals surface area contributed by atoms with E-state index < -0.39 is 20.9 Å². The van der Waals surface area contributed by atoms with Crippen LogP contribution in [0.25, 0.3) is 11.3 Å². The SMILES string of the molecule is CCN(Cc1ccccc1)S(=O)(=O)c1ccc(C(=O)Nc2nc(-c3cccc([N+](=O)[O-])c3)cs2)cc1. The highest BCUT2D eigenvalue weighted by Gasteiger charge is 2.23. The Balaban J connectivity index is 1.46. The van der Waals surface area contributed by atoms with Crippen LogP contribution in [0.4, 0.5) is 10.8 Å². The van der Waals surface area contributed by atoms with Crippen LogP contribution in [0.1, 0.15) is 22.8 Å². The Bertz CT molecular complexity index is 1490. The number of benzene rings is 3. The van der Waals surface area contributed by atoms with Gasteiger partial charge in [-0.2, -0.15) is 4.31 Å². The first-order valence-corrected chi connectivity index (χ1v) is 13.3. The fourth-order valence-electron chi connectivity index (χ4n) is 3.49. The van der Waals surface area contributed by atoms with Gasteiger partial charge in [0, 0.05) is 41.7 Å². The lowest BCUT2D eigenvalue weighted by molar-refractivity contribution is -0.384. The first kappa shape index (κ1) is 25.2. The van der Waals surface area contributed by atoms with Crippen molar-refractivity contribution in [2.45, 2.75) is 18.4 Å². The number of aromatic nitrogens is 1. The number of hydrogen-bond donors (Lipinski definition) is 1. The summed E-state index contributed by atoms with van der Waals surface area (Å²) in [5, 5.41) is 15.7. The highest BCUT2D eigenvalue weighted by atomic mass is 32.2. The minimum Gasteiger partial charge on any atom is -0.298 e. The topological polar surface area (TPSA) is 123 Å². The number of thiazole rings is 1. The van der Waals surface area contributed by atoms with Crippen molar-refractivity contribution in [3.05, 3.63) is 105 Å². The molecule has 0 unspecified atom stereocenters. The van der Waals surface area contributed by atoms with Gasteiger partial charge in [-0.05, 0) is 29.8 Å². The Kier molecular flexibility index (Phi) is 7.53. The number of hydrogen-bond acceptors (Lipinski definition) is 7. The predicted molar refractivity (Wildman–Crippen MR) is 138 cm³/mol. The molecule has 0 atom stereocenters. The van der Waals surface area contributed by atoms with Gasteiger partial charge < -0.3 is 0 Å². The van der Waals surface area contributed by atoms with Crippen molar-refractivity contribution in [3.8, 4) is 11.3 Å². The van der Waals surface area contributed by atoms with Crippen molar-refractivity contribution in [1.82, 2.24) is 9.29 Å². The Morgan fingerprint density at radius 2 is 1.78 bits per heavy atom. The zero-order valence-corrected chi connectivity index (χ0v) is 20.8. The molecule has 4 aromatic rings. The molecule has 4 rings (SSSR count). The van der Waals surface area contributed by atoms with Crippen LogP contribution in [-0.4, -0.2) is 35.1 Å². The summed E-state index contributed by atoms with van der Waals surface area (Å²) in [6.07, 6.45) is 0. The second-order valence-electron chi connectivity index (χ2n) is 7.74. The van der Waals surface area contributed by atoms with Gasteiger partial charge in [0.15, 0.2) is 5.13 Å². The van der Waals surface area contributed by atoms with Crippen LogP contribution in [0, 0.1) is 10.1 Å². The highest BCUT2D eigenvalue weighted by Crippen LogP contribution is 2.28. The average Bonchev–Trinajstić information content (AvgIpc) is 3.36. The molecule has 1 heterocycles. The largest absolute Gasteiger partial charge is 0.298 e. The summed E-state index contributed by atoms with van der Waals surface area (Å²) in [7, 11) is -3.74. The van der Waals surface area contributed by atoms with Crippen LogP contribution in [0.15, 0.2) is 89.1 Å². The molecular formula is C25H22N4O5S2. The van der Waals surface area contributed by atoms with Gasteiger partial charge in [-0.15, -0.1) is 11.3 Å². The summed E-state index contributed by atoms with van der Waals surface area (Å²) in [6, 6.07) is 21.1. The minimum absolute atomic E-state index is 0.0495. The Morgan fingerprint density at radius 1 is 1.06 bits per heavy atom. The molecular weight excluding hydrogens is 500 g/mol. The molecule has 36 heavy (non-hydrogen) atoms. The Hall–Kier alpha value is -3.93. The predicted octanol–water partition coefficient (Wildman–Crippen LogP) is 5.18. The highest BCUT2D eigenvalue weighted by molar-refractivity contribution is 7.89. The lowest BCUT2D eigenvalue weighted by Gasteiger charge is -2.20. The number of amides is 1. The number of rotatable bonds is 9. The lowest BCUT2D eigenvalue weighted by atomic mass is 10.1. The fourth-order valence-corrected chi connectivity index (χ4v) is 5.64. The van der Waals surface area contributed by atoms with Crippen molar-refractivity contribution in [2.24, 2.45) is 0 Å². The van der Waals surface area contributed by atoms with Crippen LogP contribution in [0.3, 0.4) is 0 Å². The molecule has 0 saturated heterocycles. The fraction of sp³-hybridized carbons (Fsp3) is 0.120. The smallest absolute Gasteiger partial charge is 0.270 e. The van der Waals surface area contributed by atoms with Gasteiger partial charge >= 0.3 is 0 Å². The van der Waals surface area contributed by atoms with E-state index in [1.165, 1.54) is 52.0 Å². The van der Waals surface area contributed by atoms with Gasteiger partial charge in [0.1, 0.15) is 0 Å². The van der Waals surface area contributed by atoms with Crippen molar-refractivity contribution in [3.63, 3.8) is 0 Å². The molecule has 0 fully saturated rings. The average molecular weight is 523 g/mol. The number of nitro groups is 1. The molecule has 0 aliphatic carbocycles. The van der Waals surface area contributed by atoms with Crippen LogP contribution in [-0.2, 0) is 16.6 Å².